The fourth-order valence-corrected chi connectivity index (χ4v) is 5.41. The highest BCUT2D eigenvalue weighted by Crippen LogP contribution is 2.55. The van der Waals surface area contributed by atoms with Gasteiger partial charge in [-0.25, -0.2) is 0 Å². The van der Waals surface area contributed by atoms with Crippen LogP contribution in [0.3, 0.4) is 0 Å². The smallest absolute Gasteiger partial charge is 0.318 e. The molecule has 140 valence electrons. The van der Waals surface area contributed by atoms with Crippen LogP contribution in [0, 0.1) is 17.3 Å². The Bertz CT molecular complexity index is 859. The van der Waals surface area contributed by atoms with Gasteiger partial charge in [0.15, 0.2) is 0 Å². The third kappa shape index (κ3) is 2.69. The zero-order chi connectivity index (χ0) is 19.2. The molecule has 0 bridgehead atoms. The van der Waals surface area contributed by atoms with Crippen molar-refractivity contribution in [1.29, 1.82) is 0 Å². The zero-order valence-corrected chi connectivity index (χ0v) is 15.6. The van der Waals surface area contributed by atoms with Gasteiger partial charge in [-0.05, 0) is 61.6 Å². The predicted molar refractivity (Wildman–Crippen MR) is 102 cm³/mol. The number of carboxylic acids is 1. The van der Waals surface area contributed by atoms with Gasteiger partial charge in [0.25, 0.3) is 0 Å². The molecule has 0 spiro atoms. The summed E-state index contributed by atoms with van der Waals surface area (Å²) in [5.41, 5.74) is -0.0273. The van der Waals surface area contributed by atoms with Gasteiger partial charge in [-0.1, -0.05) is 42.0 Å². The van der Waals surface area contributed by atoms with Gasteiger partial charge in [0.2, 0.25) is 11.6 Å². The van der Waals surface area contributed by atoms with Gasteiger partial charge in [-0.2, -0.15) is 0 Å². The summed E-state index contributed by atoms with van der Waals surface area (Å²) in [5, 5.41) is 10.8. The number of benzene rings is 1. The van der Waals surface area contributed by atoms with Crippen LogP contribution in [0.4, 0.5) is 0 Å². The molecule has 4 nitrogen and oxygen atoms in total. The Morgan fingerprint density at radius 1 is 1.07 bits per heavy atom. The maximum atomic E-state index is 12.9. The van der Waals surface area contributed by atoms with Gasteiger partial charge in [0.1, 0.15) is 5.41 Å². The lowest BCUT2D eigenvalue weighted by Gasteiger charge is -2.40. The summed E-state index contributed by atoms with van der Waals surface area (Å²) in [4.78, 5) is 37.8. The van der Waals surface area contributed by atoms with E-state index < -0.39 is 28.9 Å². The second-order valence-corrected chi connectivity index (χ2v) is 8.21. The molecule has 1 N–H and O–H groups in total. The van der Waals surface area contributed by atoms with Crippen LogP contribution in [0.1, 0.15) is 43.6 Å². The van der Waals surface area contributed by atoms with E-state index in [-0.39, 0.29) is 5.92 Å². The van der Waals surface area contributed by atoms with E-state index in [1.165, 1.54) is 5.56 Å². The maximum absolute atomic E-state index is 12.9. The average Bonchev–Trinajstić information content (AvgIpc) is 2.91. The zero-order valence-electron chi connectivity index (χ0n) is 14.9. The largest absolute Gasteiger partial charge is 0.480 e. The van der Waals surface area contributed by atoms with Crippen molar-refractivity contribution >= 4 is 29.1 Å². The van der Waals surface area contributed by atoms with Crippen molar-refractivity contribution in [2.45, 2.75) is 38.0 Å². The maximum Gasteiger partial charge on any atom is 0.318 e. The van der Waals surface area contributed by atoms with Crippen molar-refractivity contribution < 1.29 is 19.5 Å². The number of fused-ring (bicyclic) bond motifs is 1. The summed E-state index contributed by atoms with van der Waals surface area (Å²) < 4.78 is 0. The third-order valence-electron chi connectivity index (χ3n) is 6.62. The summed E-state index contributed by atoms with van der Waals surface area (Å²) in [6, 6.07) is 7.76. The summed E-state index contributed by atoms with van der Waals surface area (Å²) in [6.45, 7) is 0. The number of carbonyl (C=O) groups is 3. The standard InChI is InChI=1S/C22H21ClO4/c23-16-11-7-14(8-12-16)13-5-9-15(10-6-13)22(21(26)27)18-4-2-1-3-17(18)19(24)20(22)25/h1-3,7-8,11-13,15,18H,4-6,9-10H2,(H,26,27). The number of allylic oxidation sites excluding steroid dienone is 4. The van der Waals surface area contributed by atoms with Crippen molar-refractivity contribution in [3.05, 3.63) is 58.7 Å². The van der Waals surface area contributed by atoms with Crippen LogP contribution in [0.2, 0.25) is 5.02 Å². The second-order valence-electron chi connectivity index (χ2n) is 7.77. The summed E-state index contributed by atoms with van der Waals surface area (Å²) >= 11 is 5.96. The Hall–Kier alpha value is -2.20. The van der Waals surface area contributed by atoms with E-state index in [1.807, 2.05) is 30.3 Å². The molecule has 0 amide bonds. The lowest BCUT2D eigenvalue weighted by Crippen LogP contribution is -2.49. The molecule has 2 atom stereocenters. The molecule has 5 heteroatoms. The molecule has 1 aromatic carbocycles. The molecule has 1 aromatic rings. The number of Topliss-reactive ketones (excluding diaryl/α,β-unsaturated/α-hetero) is 2. The van der Waals surface area contributed by atoms with Crippen molar-refractivity contribution in [3.8, 4) is 0 Å². The third-order valence-corrected chi connectivity index (χ3v) is 6.87. The van der Waals surface area contributed by atoms with Crippen LogP contribution in [0.25, 0.3) is 0 Å². The van der Waals surface area contributed by atoms with Crippen LogP contribution < -0.4 is 0 Å². The Morgan fingerprint density at radius 2 is 1.74 bits per heavy atom. The van der Waals surface area contributed by atoms with E-state index in [0.29, 0.717) is 35.8 Å². The first-order chi connectivity index (χ1) is 13.0. The van der Waals surface area contributed by atoms with E-state index >= 15 is 0 Å². The number of aliphatic carboxylic acids is 1. The van der Waals surface area contributed by atoms with Gasteiger partial charge in [0.05, 0.1) is 0 Å². The van der Waals surface area contributed by atoms with Gasteiger partial charge in [-0.3, -0.25) is 14.4 Å². The molecule has 4 rings (SSSR count). The monoisotopic (exact) mass is 384 g/mol. The van der Waals surface area contributed by atoms with Gasteiger partial charge in [-0.15, -0.1) is 0 Å². The number of hydrogen-bond donors (Lipinski definition) is 1. The molecule has 27 heavy (non-hydrogen) atoms. The number of carboxylic acid groups (broad SMARTS) is 1. The molecular weight excluding hydrogens is 364 g/mol. The first kappa shape index (κ1) is 18.2. The number of carbonyl (C=O) groups excluding carboxylic acids is 2. The Labute approximate surface area is 162 Å². The minimum atomic E-state index is -1.60. The molecule has 2 unspecified atom stereocenters. The Balaban J connectivity index is 1.61. The quantitative estimate of drug-likeness (QED) is 0.621. The van der Waals surface area contributed by atoms with Crippen molar-refractivity contribution in [2.24, 2.45) is 17.3 Å². The molecule has 0 heterocycles. The first-order valence-electron chi connectivity index (χ1n) is 9.41. The fourth-order valence-electron chi connectivity index (χ4n) is 5.28. The van der Waals surface area contributed by atoms with Crippen LogP contribution in [0.15, 0.2) is 48.1 Å². The highest BCUT2D eigenvalue weighted by Gasteiger charge is 2.65. The van der Waals surface area contributed by atoms with Crippen LogP contribution in [0.5, 0.6) is 0 Å². The number of halogens is 1. The Morgan fingerprint density at radius 3 is 2.37 bits per heavy atom. The van der Waals surface area contributed by atoms with Crippen LogP contribution in [-0.2, 0) is 14.4 Å². The topological polar surface area (TPSA) is 71.4 Å². The van der Waals surface area contributed by atoms with E-state index in [1.54, 1.807) is 12.2 Å². The summed E-state index contributed by atoms with van der Waals surface area (Å²) in [6.07, 6.45) is 8.54. The lowest BCUT2D eigenvalue weighted by atomic mass is 9.60. The molecule has 0 saturated heterocycles. The highest BCUT2D eigenvalue weighted by molar-refractivity contribution is 6.51. The van der Waals surface area contributed by atoms with Crippen molar-refractivity contribution in [1.82, 2.24) is 0 Å². The molecule has 2 saturated carbocycles. The number of hydrogen-bond acceptors (Lipinski definition) is 3. The van der Waals surface area contributed by atoms with Gasteiger partial charge in [0, 0.05) is 16.5 Å². The van der Waals surface area contributed by atoms with E-state index in [4.69, 9.17) is 11.6 Å². The number of ketones is 2. The van der Waals surface area contributed by atoms with E-state index in [0.717, 1.165) is 12.8 Å². The van der Waals surface area contributed by atoms with Gasteiger partial charge >= 0.3 is 5.97 Å². The van der Waals surface area contributed by atoms with E-state index in [9.17, 15) is 19.5 Å². The summed E-state index contributed by atoms with van der Waals surface area (Å²) in [7, 11) is 0. The molecule has 2 fully saturated rings. The highest BCUT2D eigenvalue weighted by atomic mass is 35.5. The van der Waals surface area contributed by atoms with Crippen LogP contribution in [-0.4, -0.2) is 22.6 Å². The predicted octanol–water partition coefficient (Wildman–Crippen LogP) is 4.34. The minimum absolute atomic E-state index is 0.308. The van der Waals surface area contributed by atoms with Crippen molar-refractivity contribution in [3.63, 3.8) is 0 Å². The fraction of sp³-hybridized carbons (Fsp3) is 0.409. The molecular formula is C22H21ClO4. The molecule has 0 aromatic heterocycles. The lowest BCUT2D eigenvalue weighted by molar-refractivity contribution is -0.163. The first-order valence-corrected chi connectivity index (χ1v) is 9.78. The van der Waals surface area contributed by atoms with E-state index in [2.05, 4.69) is 0 Å². The summed E-state index contributed by atoms with van der Waals surface area (Å²) in [5.74, 6) is -2.97. The Kier molecular flexibility index (Phi) is 4.55. The second kappa shape index (κ2) is 6.75. The molecule has 3 aliphatic carbocycles. The molecule has 0 radical (unpaired) electrons. The average molecular weight is 385 g/mol. The van der Waals surface area contributed by atoms with Crippen molar-refractivity contribution in [2.75, 3.05) is 0 Å². The SMILES string of the molecule is O=C1C(=O)C(C(=O)O)(C2CCC(c3ccc(Cl)cc3)CC2)C2CC=CC=C12. The minimum Gasteiger partial charge on any atom is -0.480 e. The van der Waals surface area contributed by atoms with Gasteiger partial charge < -0.3 is 5.11 Å². The normalized spacial score (nSPS) is 32.9. The molecule has 3 aliphatic rings. The van der Waals surface area contributed by atoms with Crippen LogP contribution >= 0.6 is 11.6 Å². The molecule has 0 aliphatic heterocycles. The number of rotatable bonds is 3.